The van der Waals surface area contributed by atoms with Crippen molar-refractivity contribution in [2.24, 2.45) is 0 Å². The number of nitrogens with zero attached hydrogens (tertiary/aromatic N) is 1. The van der Waals surface area contributed by atoms with Crippen molar-refractivity contribution in [2.75, 3.05) is 30.5 Å². The average molecular weight is 599 g/mol. The third-order valence-electron chi connectivity index (χ3n) is 7.69. The van der Waals surface area contributed by atoms with Gasteiger partial charge in [-0.1, -0.05) is 103 Å². The molecule has 6 nitrogen and oxygen atoms in total. The maximum Gasteiger partial charge on any atom is 0.328 e. The molecule has 5 rings (SSSR count). The number of hydrogen-bond donors (Lipinski definition) is 1. The van der Waals surface area contributed by atoms with Gasteiger partial charge < -0.3 is 19.7 Å². The molecule has 6 heteroatoms. The first-order valence-corrected chi connectivity index (χ1v) is 15.1. The Morgan fingerprint density at radius 2 is 1.38 bits per heavy atom. The number of ether oxygens (including phenoxy) is 2. The smallest absolute Gasteiger partial charge is 0.328 e. The second-order valence-electron chi connectivity index (χ2n) is 10.9. The zero-order valence-electron chi connectivity index (χ0n) is 25.7. The molecule has 228 valence electrons. The van der Waals surface area contributed by atoms with Crippen LogP contribution in [-0.4, -0.2) is 38.1 Å². The van der Waals surface area contributed by atoms with E-state index >= 15 is 0 Å². The van der Waals surface area contributed by atoms with Gasteiger partial charge in [0.15, 0.2) is 5.78 Å². The van der Waals surface area contributed by atoms with E-state index in [0.717, 1.165) is 24.4 Å². The highest BCUT2D eigenvalue weighted by Gasteiger charge is 2.22. The predicted octanol–water partition coefficient (Wildman–Crippen LogP) is 7.51. The molecule has 45 heavy (non-hydrogen) atoms. The van der Waals surface area contributed by atoms with Crippen LogP contribution in [0.25, 0.3) is 0 Å². The van der Waals surface area contributed by atoms with Crippen molar-refractivity contribution in [1.29, 1.82) is 0 Å². The molecule has 0 saturated heterocycles. The number of carbonyl (C=O) groups excluding carboxylic acids is 2. The van der Waals surface area contributed by atoms with Crippen LogP contribution in [-0.2, 0) is 22.5 Å². The topological polar surface area (TPSA) is 67.9 Å². The Bertz CT molecular complexity index is 1690. The molecule has 0 radical (unpaired) electrons. The molecule has 0 spiro atoms. The van der Waals surface area contributed by atoms with Crippen LogP contribution in [0.4, 0.5) is 11.4 Å². The first kappa shape index (κ1) is 31.1. The summed E-state index contributed by atoms with van der Waals surface area (Å²) in [6.07, 6.45) is 0.374. The lowest BCUT2D eigenvalue weighted by atomic mass is 10.00. The van der Waals surface area contributed by atoms with E-state index in [2.05, 4.69) is 65.7 Å². The lowest BCUT2D eigenvalue weighted by Gasteiger charge is -2.26. The first-order valence-electron chi connectivity index (χ1n) is 15.1. The molecule has 5 aromatic rings. The molecule has 0 aliphatic rings. The average Bonchev–Trinajstić information content (AvgIpc) is 3.09. The maximum atomic E-state index is 13.2. The first-order chi connectivity index (χ1) is 22.0. The van der Waals surface area contributed by atoms with Crippen molar-refractivity contribution >= 4 is 23.1 Å². The predicted molar refractivity (Wildman–Crippen MR) is 180 cm³/mol. The summed E-state index contributed by atoms with van der Waals surface area (Å²) in [6.45, 7) is 4.15. The summed E-state index contributed by atoms with van der Waals surface area (Å²) in [4.78, 5) is 28.4. The molecular formula is C39H38N2O4. The Kier molecular flexibility index (Phi) is 10.6. The van der Waals surface area contributed by atoms with E-state index in [4.69, 9.17) is 9.47 Å². The van der Waals surface area contributed by atoms with Crippen LogP contribution in [0.3, 0.4) is 0 Å². The molecule has 1 N–H and O–H groups in total. The summed E-state index contributed by atoms with van der Waals surface area (Å²) in [5.74, 6) is 0.227. The van der Waals surface area contributed by atoms with Gasteiger partial charge in [0.2, 0.25) is 0 Å². The van der Waals surface area contributed by atoms with Gasteiger partial charge in [0, 0.05) is 35.5 Å². The number of benzene rings is 5. The number of nitrogens with one attached hydrogen (secondary N) is 1. The van der Waals surface area contributed by atoms with Crippen molar-refractivity contribution < 1.29 is 19.1 Å². The number of esters is 1. The summed E-state index contributed by atoms with van der Waals surface area (Å²) < 4.78 is 11.3. The van der Waals surface area contributed by atoms with E-state index < -0.39 is 12.0 Å². The lowest BCUT2D eigenvalue weighted by molar-refractivity contribution is -0.141. The van der Waals surface area contributed by atoms with Crippen molar-refractivity contribution in [2.45, 2.75) is 25.9 Å². The minimum absolute atomic E-state index is 0.117. The van der Waals surface area contributed by atoms with Gasteiger partial charge in [0.05, 0.1) is 13.7 Å². The summed E-state index contributed by atoms with van der Waals surface area (Å²) in [5, 5.41) is 3.27. The van der Waals surface area contributed by atoms with E-state index in [1.165, 1.54) is 23.9 Å². The van der Waals surface area contributed by atoms with Gasteiger partial charge >= 0.3 is 5.97 Å². The quantitative estimate of drug-likeness (QED) is 0.105. The van der Waals surface area contributed by atoms with E-state index in [1.54, 1.807) is 24.3 Å². The summed E-state index contributed by atoms with van der Waals surface area (Å²) in [6, 6.07) is 42.2. The van der Waals surface area contributed by atoms with Crippen LogP contribution < -0.4 is 15.0 Å². The van der Waals surface area contributed by atoms with Gasteiger partial charge in [0.1, 0.15) is 18.4 Å². The zero-order valence-corrected chi connectivity index (χ0v) is 25.7. The van der Waals surface area contributed by atoms with E-state index in [-0.39, 0.29) is 5.78 Å². The van der Waals surface area contributed by atoms with E-state index in [1.807, 2.05) is 60.7 Å². The zero-order chi connectivity index (χ0) is 31.4. The van der Waals surface area contributed by atoms with Gasteiger partial charge in [0.25, 0.3) is 0 Å². The largest absolute Gasteiger partial charge is 0.492 e. The maximum absolute atomic E-state index is 13.2. The van der Waals surface area contributed by atoms with Crippen LogP contribution in [0, 0.1) is 6.92 Å². The Hall–Kier alpha value is -5.36. The lowest BCUT2D eigenvalue weighted by Crippen LogP contribution is -2.33. The number of aryl methyl sites for hydroxylation is 1. The van der Waals surface area contributed by atoms with Crippen LogP contribution in [0.1, 0.15) is 32.6 Å². The Morgan fingerprint density at radius 1 is 0.733 bits per heavy atom. The van der Waals surface area contributed by atoms with Crippen molar-refractivity contribution in [3.8, 4) is 5.75 Å². The molecule has 0 saturated carbocycles. The van der Waals surface area contributed by atoms with Crippen LogP contribution >= 0.6 is 0 Å². The highest BCUT2D eigenvalue weighted by atomic mass is 16.5. The Labute approximate surface area is 265 Å². The Morgan fingerprint density at radius 3 is 2.09 bits per heavy atom. The molecule has 0 aliphatic carbocycles. The fraction of sp³-hybridized carbons (Fsp3) is 0.179. The van der Waals surface area contributed by atoms with Crippen molar-refractivity contribution in [1.82, 2.24) is 0 Å². The van der Waals surface area contributed by atoms with Crippen LogP contribution in [0.2, 0.25) is 0 Å². The number of methoxy groups -OCH3 is 1. The fourth-order valence-electron chi connectivity index (χ4n) is 5.31. The van der Waals surface area contributed by atoms with Crippen molar-refractivity contribution in [3.63, 3.8) is 0 Å². The highest BCUT2D eigenvalue weighted by Crippen LogP contribution is 2.24. The minimum Gasteiger partial charge on any atom is -0.492 e. The van der Waals surface area contributed by atoms with Gasteiger partial charge in [-0.2, -0.15) is 0 Å². The molecule has 0 aromatic heterocycles. The third-order valence-corrected chi connectivity index (χ3v) is 7.69. The number of rotatable bonds is 14. The number of carbonyl (C=O) groups is 2. The number of hydrogen-bond acceptors (Lipinski definition) is 6. The molecule has 0 bridgehead atoms. The number of ketones is 1. The third kappa shape index (κ3) is 8.39. The molecule has 0 fully saturated rings. The van der Waals surface area contributed by atoms with Gasteiger partial charge in [-0.25, -0.2) is 4.79 Å². The minimum atomic E-state index is -0.688. The van der Waals surface area contributed by atoms with E-state index in [9.17, 15) is 9.59 Å². The molecule has 1 atom stereocenters. The van der Waals surface area contributed by atoms with E-state index in [0.29, 0.717) is 29.8 Å². The van der Waals surface area contributed by atoms with Crippen molar-refractivity contribution in [3.05, 3.63) is 161 Å². The summed E-state index contributed by atoms with van der Waals surface area (Å²) in [5.41, 5.74) is 6.24. The Balaban J connectivity index is 1.23. The highest BCUT2D eigenvalue weighted by molar-refractivity contribution is 6.12. The summed E-state index contributed by atoms with van der Waals surface area (Å²) >= 11 is 0. The molecule has 0 amide bonds. The SMILES string of the molecule is COC(=O)[C@H](Cc1ccc(OCCN(Cc2ccccc2)c2ccccc2C)cc1)Nc1ccccc1C(=O)c1ccccc1. The number of para-hydroxylation sites is 2. The molecule has 5 aromatic carbocycles. The standard InChI is InChI=1S/C39H38N2O4/c1-29-13-9-12-20-37(29)41(28-31-14-5-3-6-15-31)25-26-45-33-23-21-30(22-24-33)27-36(39(43)44-2)40-35-19-11-10-18-34(35)38(42)32-16-7-4-8-17-32/h3-24,36,40H,25-28H2,1-2H3/t36-/m0/s1. The van der Waals surface area contributed by atoms with Crippen LogP contribution in [0.5, 0.6) is 5.75 Å². The van der Waals surface area contributed by atoms with Gasteiger partial charge in [-0.05, 0) is 53.9 Å². The number of anilines is 2. The van der Waals surface area contributed by atoms with Gasteiger partial charge in [-0.15, -0.1) is 0 Å². The second kappa shape index (κ2) is 15.4. The van der Waals surface area contributed by atoms with Crippen LogP contribution in [0.15, 0.2) is 133 Å². The monoisotopic (exact) mass is 598 g/mol. The molecule has 0 unspecified atom stereocenters. The normalized spacial score (nSPS) is 11.3. The fourth-order valence-corrected chi connectivity index (χ4v) is 5.31. The van der Waals surface area contributed by atoms with Gasteiger partial charge in [-0.3, -0.25) is 4.79 Å². The molecule has 0 heterocycles. The second-order valence-corrected chi connectivity index (χ2v) is 10.9. The summed E-state index contributed by atoms with van der Waals surface area (Å²) in [7, 11) is 1.37. The molecular weight excluding hydrogens is 560 g/mol. The molecule has 0 aliphatic heterocycles.